The molecule has 0 aliphatic heterocycles. The SMILES string of the molecule is CC(C)N=[N+]=[N-].[HH].[HH]. The molecule has 0 aliphatic rings. The zero-order valence-electron chi connectivity index (χ0n) is 3.92. The van der Waals surface area contributed by atoms with Crippen LogP contribution in [-0.4, -0.2) is 6.04 Å². The van der Waals surface area contributed by atoms with Gasteiger partial charge in [0.1, 0.15) is 0 Å². The van der Waals surface area contributed by atoms with Crippen molar-refractivity contribution in [2.75, 3.05) is 0 Å². The van der Waals surface area contributed by atoms with Crippen molar-refractivity contribution >= 4 is 0 Å². The van der Waals surface area contributed by atoms with Gasteiger partial charge >= 0.3 is 0 Å². The number of rotatable bonds is 1. The summed E-state index contributed by atoms with van der Waals surface area (Å²) in [4.78, 5) is 2.56. The average Bonchev–Trinajstić information content (AvgIpc) is 1.35. The monoisotopic (exact) mass is 89.1 g/mol. The molecule has 0 radical (unpaired) electrons. The summed E-state index contributed by atoms with van der Waals surface area (Å²) in [5.41, 5.74) is 7.70. The van der Waals surface area contributed by atoms with Crippen molar-refractivity contribution in [1.82, 2.24) is 0 Å². The topological polar surface area (TPSA) is 48.8 Å². The van der Waals surface area contributed by atoms with Crippen LogP contribution in [0.2, 0.25) is 0 Å². The third kappa shape index (κ3) is 3.31. The van der Waals surface area contributed by atoms with Crippen LogP contribution in [0.3, 0.4) is 0 Å². The van der Waals surface area contributed by atoms with Gasteiger partial charge in [0, 0.05) is 13.8 Å². The lowest BCUT2D eigenvalue weighted by Crippen LogP contribution is -1.81. The van der Waals surface area contributed by atoms with E-state index in [4.69, 9.17) is 5.53 Å². The molecule has 6 heavy (non-hydrogen) atoms. The van der Waals surface area contributed by atoms with Crippen molar-refractivity contribution in [1.29, 1.82) is 0 Å². The Morgan fingerprint density at radius 3 is 2.33 bits per heavy atom. The van der Waals surface area contributed by atoms with Crippen LogP contribution in [0.1, 0.15) is 16.7 Å². The molecular weight excluding hydrogens is 78.1 g/mol. The Morgan fingerprint density at radius 2 is 2.33 bits per heavy atom. The minimum absolute atomic E-state index is 0. The molecule has 3 nitrogen and oxygen atoms in total. The summed E-state index contributed by atoms with van der Waals surface area (Å²) in [5.74, 6) is 0. The molecule has 0 aromatic heterocycles. The number of hydrogen-bond donors (Lipinski definition) is 0. The Morgan fingerprint density at radius 1 is 1.83 bits per heavy atom. The quantitative estimate of drug-likeness (QED) is 0.268. The van der Waals surface area contributed by atoms with Crippen LogP contribution in [0, 0.1) is 0 Å². The number of nitrogens with zero attached hydrogens (tertiary/aromatic N) is 3. The van der Waals surface area contributed by atoms with Crippen molar-refractivity contribution in [3.05, 3.63) is 10.4 Å². The van der Waals surface area contributed by atoms with E-state index < -0.39 is 0 Å². The standard InChI is InChI=1S/C3H7N3.2H2/c1-3(2)5-6-4;;/h3H,1-2H3;2*1H. The number of azide groups is 1. The molecule has 0 rings (SSSR count). The highest BCUT2D eigenvalue weighted by Crippen LogP contribution is 1.82. The molecule has 0 N–H and O–H groups in total. The Balaban J connectivity index is -0.000000125. The molecule has 38 valence electrons. The van der Waals surface area contributed by atoms with Gasteiger partial charge in [0.2, 0.25) is 0 Å². The molecule has 3 heteroatoms. The van der Waals surface area contributed by atoms with Crippen LogP contribution in [0.5, 0.6) is 0 Å². The van der Waals surface area contributed by atoms with E-state index in [-0.39, 0.29) is 8.90 Å². The molecule has 0 spiro atoms. The molecule has 0 saturated carbocycles. The van der Waals surface area contributed by atoms with E-state index in [1.165, 1.54) is 0 Å². The Labute approximate surface area is 39.6 Å². The fourth-order valence-corrected chi connectivity index (χ4v) is 0.103. The van der Waals surface area contributed by atoms with Crippen molar-refractivity contribution < 1.29 is 2.85 Å². The second kappa shape index (κ2) is 2.54. The van der Waals surface area contributed by atoms with Crippen molar-refractivity contribution in [3.8, 4) is 0 Å². The second-order valence-electron chi connectivity index (χ2n) is 1.30. The van der Waals surface area contributed by atoms with Gasteiger partial charge in [-0.25, -0.2) is 0 Å². The lowest BCUT2D eigenvalue weighted by atomic mass is 10.4. The van der Waals surface area contributed by atoms with Crippen LogP contribution in [0.15, 0.2) is 5.11 Å². The zero-order chi connectivity index (χ0) is 4.99. The fraction of sp³-hybridized carbons (Fsp3) is 1.00. The van der Waals surface area contributed by atoms with Crippen LogP contribution in [0.4, 0.5) is 0 Å². The largest absolute Gasteiger partial charge is 0.0912 e. The Hall–Kier alpha value is -0.690. The molecule has 0 amide bonds. The van der Waals surface area contributed by atoms with Gasteiger partial charge in [-0.05, 0) is 5.53 Å². The maximum absolute atomic E-state index is 7.70. The smallest absolute Gasteiger partial charge is 0.0317 e. The van der Waals surface area contributed by atoms with Crippen molar-refractivity contribution in [3.63, 3.8) is 0 Å². The average molecular weight is 89.1 g/mol. The van der Waals surface area contributed by atoms with E-state index in [1.807, 2.05) is 13.8 Å². The van der Waals surface area contributed by atoms with Crippen LogP contribution < -0.4 is 0 Å². The summed E-state index contributed by atoms with van der Waals surface area (Å²) in [6.07, 6.45) is 0. The summed E-state index contributed by atoms with van der Waals surface area (Å²) in [6, 6.07) is 0.106. The maximum atomic E-state index is 7.70. The van der Waals surface area contributed by atoms with Gasteiger partial charge < -0.3 is 0 Å². The molecule has 0 aromatic rings. The summed E-state index contributed by atoms with van der Waals surface area (Å²) in [6.45, 7) is 3.67. The van der Waals surface area contributed by atoms with Gasteiger partial charge in [0.05, 0.1) is 0 Å². The Kier molecular flexibility index (Phi) is 2.25. The first kappa shape index (κ1) is 5.31. The Bertz CT molecular complexity index is 76.6. The van der Waals surface area contributed by atoms with Gasteiger partial charge in [-0.15, -0.1) is 0 Å². The summed E-state index contributed by atoms with van der Waals surface area (Å²) < 4.78 is 0. The van der Waals surface area contributed by atoms with E-state index in [0.717, 1.165) is 0 Å². The molecule has 0 bridgehead atoms. The van der Waals surface area contributed by atoms with Crippen molar-refractivity contribution in [2.45, 2.75) is 19.9 Å². The third-order valence-electron chi connectivity index (χ3n) is 0.283. The predicted molar refractivity (Wildman–Crippen MR) is 28.5 cm³/mol. The molecule has 0 aromatic carbocycles. The molecule has 0 aliphatic carbocycles. The molecule has 0 fully saturated rings. The first-order valence-corrected chi connectivity index (χ1v) is 1.81. The van der Waals surface area contributed by atoms with Crippen LogP contribution in [0.25, 0.3) is 10.4 Å². The first-order chi connectivity index (χ1) is 2.77. The normalized spacial score (nSPS) is 7.83. The van der Waals surface area contributed by atoms with Gasteiger partial charge in [-0.1, -0.05) is 19.0 Å². The van der Waals surface area contributed by atoms with E-state index in [9.17, 15) is 0 Å². The lowest BCUT2D eigenvalue weighted by Gasteiger charge is -1.82. The summed E-state index contributed by atoms with van der Waals surface area (Å²) >= 11 is 0. The van der Waals surface area contributed by atoms with Crippen LogP contribution >= 0.6 is 0 Å². The zero-order valence-corrected chi connectivity index (χ0v) is 3.92. The summed E-state index contributed by atoms with van der Waals surface area (Å²) in [5, 5.41) is 3.31. The van der Waals surface area contributed by atoms with Gasteiger partial charge in [-0.3, -0.25) is 0 Å². The van der Waals surface area contributed by atoms with Gasteiger partial charge in [0.25, 0.3) is 0 Å². The molecule has 0 unspecified atom stereocenters. The lowest BCUT2D eigenvalue weighted by molar-refractivity contribution is 0.824. The van der Waals surface area contributed by atoms with E-state index in [0.29, 0.717) is 0 Å². The minimum Gasteiger partial charge on any atom is -0.0912 e. The highest BCUT2D eigenvalue weighted by atomic mass is 15.1. The molecule has 0 heterocycles. The van der Waals surface area contributed by atoms with E-state index in [1.54, 1.807) is 0 Å². The third-order valence-corrected chi connectivity index (χ3v) is 0.283. The maximum Gasteiger partial charge on any atom is 0.0317 e. The van der Waals surface area contributed by atoms with Gasteiger partial charge in [0.15, 0.2) is 0 Å². The molecule has 0 saturated heterocycles. The van der Waals surface area contributed by atoms with Gasteiger partial charge in [-0.2, -0.15) is 0 Å². The summed E-state index contributed by atoms with van der Waals surface area (Å²) in [7, 11) is 0. The minimum atomic E-state index is 0. The second-order valence-corrected chi connectivity index (χ2v) is 1.30. The van der Waals surface area contributed by atoms with E-state index in [2.05, 4.69) is 10.0 Å². The predicted octanol–water partition coefficient (Wildman–Crippen LogP) is 2.20. The van der Waals surface area contributed by atoms with Crippen molar-refractivity contribution in [2.24, 2.45) is 5.11 Å². The fourth-order valence-electron chi connectivity index (χ4n) is 0.103. The molecule has 0 atom stereocenters. The highest BCUT2D eigenvalue weighted by Gasteiger charge is 1.78. The highest BCUT2D eigenvalue weighted by molar-refractivity contribution is 4.49. The number of hydrogen-bond acceptors (Lipinski definition) is 1. The van der Waals surface area contributed by atoms with E-state index >= 15 is 0 Å². The first-order valence-electron chi connectivity index (χ1n) is 1.81. The molecular formula is C3H11N3. The van der Waals surface area contributed by atoms with Crippen LogP contribution in [-0.2, 0) is 0 Å².